The van der Waals surface area contributed by atoms with Crippen LogP contribution < -0.4 is 10.1 Å². The Morgan fingerprint density at radius 2 is 2.00 bits per heavy atom. The van der Waals surface area contributed by atoms with E-state index in [-0.39, 0.29) is 6.61 Å². The molecule has 1 fully saturated rings. The summed E-state index contributed by atoms with van der Waals surface area (Å²) in [6.07, 6.45) is 5.77. The van der Waals surface area contributed by atoms with Gasteiger partial charge in [-0.15, -0.1) is 0 Å². The quantitative estimate of drug-likeness (QED) is 0.841. The number of hydrogen-bond donors (Lipinski definition) is 2. The van der Waals surface area contributed by atoms with Crippen LogP contribution in [0.4, 0.5) is 0 Å². The summed E-state index contributed by atoms with van der Waals surface area (Å²) in [4.78, 5) is 0. The van der Waals surface area contributed by atoms with Gasteiger partial charge in [-0.25, -0.2) is 0 Å². The van der Waals surface area contributed by atoms with Gasteiger partial charge >= 0.3 is 0 Å². The van der Waals surface area contributed by atoms with Crippen LogP contribution in [0.25, 0.3) is 0 Å². The second-order valence-corrected chi connectivity index (χ2v) is 6.13. The van der Waals surface area contributed by atoms with Crippen LogP contribution >= 0.6 is 23.2 Å². The maximum Gasteiger partial charge on any atom is 0.138 e. The monoisotopic (exact) mass is 317 g/mol. The van der Waals surface area contributed by atoms with Crippen molar-refractivity contribution in [3.8, 4) is 5.75 Å². The third kappa shape index (κ3) is 5.13. The first kappa shape index (κ1) is 15.9. The lowest BCUT2D eigenvalue weighted by atomic mass is 9.95. The molecule has 5 heteroatoms. The Balaban J connectivity index is 1.70. The summed E-state index contributed by atoms with van der Waals surface area (Å²) >= 11 is 11.8. The molecular formula is C15H21Cl2NO2. The first-order chi connectivity index (χ1) is 9.65. The molecular weight excluding hydrogens is 297 g/mol. The zero-order chi connectivity index (χ0) is 14.4. The Hall–Kier alpha value is -0.480. The molecule has 0 amide bonds. The summed E-state index contributed by atoms with van der Waals surface area (Å²) < 4.78 is 5.51. The highest BCUT2D eigenvalue weighted by molar-refractivity contribution is 6.35. The zero-order valence-corrected chi connectivity index (χ0v) is 13.0. The van der Waals surface area contributed by atoms with Crippen molar-refractivity contribution in [2.75, 3.05) is 13.2 Å². The summed E-state index contributed by atoms with van der Waals surface area (Å²) in [5.41, 5.74) is 0. The summed E-state index contributed by atoms with van der Waals surface area (Å²) in [7, 11) is 0. The van der Waals surface area contributed by atoms with Gasteiger partial charge in [-0.1, -0.05) is 42.5 Å². The van der Waals surface area contributed by atoms with Crippen molar-refractivity contribution < 1.29 is 9.84 Å². The van der Waals surface area contributed by atoms with Gasteiger partial charge in [-0.05, 0) is 31.0 Å². The largest absolute Gasteiger partial charge is 0.489 e. The SMILES string of the molecule is O[C@H](CNC1CCCCC1)COc1ccc(Cl)cc1Cl. The highest BCUT2D eigenvalue weighted by Gasteiger charge is 2.14. The molecule has 0 radical (unpaired) electrons. The van der Waals surface area contributed by atoms with Crippen LogP contribution in [0.3, 0.4) is 0 Å². The molecule has 0 heterocycles. The van der Waals surface area contributed by atoms with Crippen molar-refractivity contribution in [1.29, 1.82) is 0 Å². The molecule has 1 aromatic carbocycles. The third-order valence-corrected chi connectivity index (χ3v) is 4.10. The van der Waals surface area contributed by atoms with E-state index in [0.717, 1.165) is 0 Å². The predicted octanol–water partition coefficient (Wildman–Crippen LogP) is 3.66. The Labute approximate surface area is 130 Å². The van der Waals surface area contributed by atoms with Crippen molar-refractivity contribution in [2.24, 2.45) is 0 Å². The fourth-order valence-electron chi connectivity index (χ4n) is 2.45. The Kier molecular flexibility index (Phi) is 6.43. The van der Waals surface area contributed by atoms with Crippen LogP contribution in [0.15, 0.2) is 18.2 Å². The van der Waals surface area contributed by atoms with E-state index in [9.17, 15) is 5.11 Å². The summed E-state index contributed by atoms with van der Waals surface area (Å²) in [6, 6.07) is 5.60. The van der Waals surface area contributed by atoms with Gasteiger partial charge in [0, 0.05) is 17.6 Å². The van der Waals surface area contributed by atoms with Gasteiger partial charge in [-0.3, -0.25) is 0 Å². The number of aliphatic hydroxyl groups is 1. The number of hydrogen-bond acceptors (Lipinski definition) is 3. The van der Waals surface area contributed by atoms with Crippen molar-refractivity contribution >= 4 is 23.2 Å². The molecule has 1 aliphatic carbocycles. The average Bonchev–Trinajstić information content (AvgIpc) is 2.45. The first-order valence-electron chi connectivity index (χ1n) is 7.14. The summed E-state index contributed by atoms with van der Waals surface area (Å²) in [5, 5.41) is 14.4. The van der Waals surface area contributed by atoms with Crippen molar-refractivity contribution in [3.05, 3.63) is 28.2 Å². The minimum absolute atomic E-state index is 0.223. The molecule has 0 aliphatic heterocycles. The number of halogens is 2. The molecule has 2 N–H and O–H groups in total. The van der Waals surface area contributed by atoms with E-state index in [4.69, 9.17) is 27.9 Å². The van der Waals surface area contributed by atoms with Crippen LogP contribution in [0.2, 0.25) is 10.0 Å². The molecule has 112 valence electrons. The molecule has 0 unspecified atom stereocenters. The van der Waals surface area contributed by atoms with E-state index in [1.807, 2.05) is 0 Å². The first-order valence-corrected chi connectivity index (χ1v) is 7.90. The van der Waals surface area contributed by atoms with Crippen molar-refractivity contribution in [1.82, 2.24) is 5.32 Å². The van der Waals surface area contributed by atoms with Gasteiger partial charge in [0.25, 0.3) is 0 Å². The maximum atomic E-state index is 9.93. The molecule has 20 heavy (non-hydrogen) atoms. The molecule has 0 bridgehead atoms. The number of rotatable bonds is 6. The minimum Gasteiger partial charge on any atom is -0.489 e. The lowest BCUT2D eigenvalue weighted by Gasteiger charge is -2.24. The number of ether oxygens (including phenoxy) is 1. The molecule has 1 aliphatic rings. The molecule has 3 nitrogen and oxygen atoms in total. The summed E-state index contributed by atoms with van der Waals surface area (Å²) in [5.74, 6) is 0.549. The Morgan fingerprint density at radius 1 is 1.25 bits per heavy atom. The zero-order valence-electron chi connectivity index (χ0n) is 11.4. The van der Waals surface area contributed by atoms with Crippen LogP contribution in [-0.2, 0) is 0 Å². The summed E-state index contributed by atoms with van der Waals surface area (Å²) in [6.45, 7) is 0.775. The second kappa shape index (κ2) is 8.08. The van der Waals surface area contributed by atoms with Gasteiger partial charge in [0.2, 0.25) is 0 Å². The van der Waals surface area contributed by atoms with Crippen LogP contribution in [0, 0.1) is 0 Å². The molecule has 1 atom stereocenters. The van der Waals surface area contributed by atoms with Crippen LogP contribution in [0.5, 0.6) is 5.75 Å². The maximum absolute atomic E-state index is 9.93. The van der Waals surface area contributed by atoms with Gasteiger partial charge < -0.3 is 15.2 Å². The second-order valence-electron chi connectivity index (χ2n) is 5.28. The van der Waals surface area contributed by atoms with E-state index in [1.54, 1.807) is 18.2 Å². The normalized spacial score (nSPS) is 17.9. The van der Waals surface area contributed by atoms with Gasteiger partial charge in [0.05, 0.1) is 5.02 Å². The van der Waals surface area contributed by atoms with Crippen LogP contribution in [-0.4, -0.2) is 30.4 Å². The topological polar surface area (TPSA) is 41.5 Å². The molecule has 2 rings (SSSR count). The van der Waals surface area contributed by atoms with E-state index in [1.165, 1.54) is 32.1 Å². The predicted molar refractivity (Wildman–Crippen MR) is 82.8 cm³/mol. The Morgan fingerprint density at radius 3 is 2.70 bits per heavy atom. The van der Waals surface area contributed by atoms with Gasteiger partial charge in [-0.2, -0.15) is 0 Å². The van der Waals surface area contributed by atoms with Crippen molar-refractivity contribution in [2.45, 2.75) is 44.2 Å². The molecule has 0 aromatic heterocycles. The third-order valence-electron chi connectivity index (χ3n) is 3.57. The smallest absolute Gasteiger partial charge is 0.138 e. The van der Waals surface area contributed by atoms with Gasteiger partial charge in [0.15, 0.2) is 0 Å². The molecule has 1 saturated carbocycles. The van der Waals surface area contributed by atoms with Gasteiger partial charge in [0.1, 0.15) is 18.5 Å². The lowest BCUT2D eigenvalue weighted by molar-refractivity contribution is 0.102. The minimum atomic E-state index is -0.538. The average molecular weight is 318 g/mol. The van der Waals surface area contributed by atoms with E-state index >= 15 is 0 Å². The number of aliphatic hydroxyl groups excluding tert-OH is 1. The van der Waals surface area contributed by atoms with E-state index < -0.39 is 6.10 Å². The highest BCUT2D eigenvalue weighted by atomic mass is 35.5. The molecule has 0 spiro atoms. The van der Waals surface area contributed by atoms with Crippen LogP contribution in [0.1, 0.15) is 32.1 Å². The standard InChI is InChI=1S/C15H21Cl2NO2/c16-11-6-7-15(14(17)8-11)20-10-13(19)9-18-12-4-2-1-3-5-12/h6-8,12-13,18-19H,1-5,9-10H2/t13-/m1/s1. The Bertz CT molecular complexity index is 422. The van der Waals surface area contributed by atoms with E-state index in [2.05, 4.69) is 5.32 Å². The molecule has 1 aromatic rings. The number of nitrogens with one attached hydrogen (secondary N) is 1. The highest BCUT2D eigenvalue weighted by Crippen LogP contribution is 2.27. The lowest BCUT2D eigenvalue weighted by Crippen LogP contribution is -2.38. The fourth-order valence-corrected chi connectivity index (χ4v) is 2.91. The molecule has 0 saturated heterocycles. The van der Waals surface area contributed by atoms with Crippen molar-refractivity contribution in [3.63, 3.8) is 0 Å². The van der Waals surface area contributed by atoms with E-state index in [0.29, 0.717) is 28.4 Å². The fraction of sp³-hybridized carbons (Fsp3) is 0.600. The number of benzene rings is 1.